The number of fused-ring (bicyclic) bond motifs is 1. The number of carbonyl (C=O) groups excluding carboxylic acids is 5. The fraction of sp³-hybridized carbons (Fsp3) is 0.583. The van der Waals surface area contributed by atoms with Crippen LogP contribution in [0.1, 0.15) is 40.9 Å². The number of rotatable bonds is 19. The lowest BCUT2D eigenvalue weighted by Gasteiger charge is -2.34. The summed E-state index contributed by atoms with van der Waals surface area (Å²) in [5.41, 5.74) is 2.72. The topological polar surface area (TPSA) is 199 Å². The summed E-state index contributed by atoms with van der Waals surface area (Å²) in [6.07, 6.45) is 2.83. The molecule has 53 heavy (non-hydrogen) atoms. The summed E-state index contributed by atoms with van der Waals surface area (Å²) in [6.45, 7) is 6.54. The second-order valence-corrected chi connectivity index (χ2v) is 13.3. The van der Waals surface area contributed by atoms with Crippen LogP contribution in [0.2, 0.25) is 0 Å². The van der Waals surface area contributed by atoms with Gasteiger partial charge in [0.25, 0.3) is 5.91 Å². The molecule has 17 heteroatoms. The van der Waals surface area contributed by atoms with E-state index in [4.69, 9.17) is 9.47 Å². The SMILES string of the molecule is O=C(CNc1cc(C(=O)NC[C@H](O)CN2CCc3ccccc3C2)ncn1)NCCN1CCN(C(=O)COCCOCCN2C(=O)CCCC2=O)CC1. The van der Waals surface area contributed by atoms with Gasteiger partial charge < -0.3 is 35.4 Å². The molecule has 4 N–H and O–H groups in total. The number of ether oxygens (including phenoxy) is 2. The molecular formula is C36H51N9O8. The Morgan fingerprint density at radius 3 is 2.40 bits per heavy atom. The maximum absolute atomic E-state index is 12.7. The van der Waals surface area contributed by atoms with Crippen molar-refractivity contribution in [2.75, 3.05) is 104 Å². The number of carbonyl (C=O) groups is 5. The first kappa shape index (κ1) is 39.7. The maximum Gasteiger partial charge on any atom is 0.270 e. The van der Waals surface area contributed by atoms with Crippen LogP contribution in [0.15, 0.2) is 36.7 Å². The summed E-state index contributed by atoms with van der Waals surface area (Å²) in [4.78, 5) is 76.8. The molecule has 2 fully saturated rings. The van der Waals surface area contributed by atoms with Crippen molar-refractivity contribution in [2.24, 2.45) is 0 Å². The van der Waals surface area contributed by atoms with Crippen LogP contribution in [0.25, 0.3) is 0 Å². The number of anilines is 1. The highest BCUT2D eigenvalue weighted by Gasteiger charge is 2.25. The molecule has 0 spiro atoms. The number of β-amino-alcohol motifs (C(OH)–C–C–N with tert-alkyl or cyclic N) is 1. The van der Waals surface area contributed by atoms with Gasteiger partial charge in [0, 0.05) is 84.4 Å². The van der Waals surface area contributed by atoms with Crippen LogP contribution >= 0.6 is 0 Å². The molecule has 0 bridgehead atoms. The smallest absolute Gasteiger partial charge is 0.270 e. The molecule has 5 rings (SSSR count). The van der Waals surface area contributed by atoms with Crippen molar-refractivity contribution in [3.8, 4) is 0 Å². The fourth-order valence-electron chi connectivity index (χ4n) is 6.44. The van der Waals surface area contributed by atoms with Crippen molar-refractivity contribution in [1.82, 2.24) is 40.2 Å². The Hall–Kier alpha value is -4.55. The normalized spacial score (nSPS) is 17.3. The van der Waals surface area contributed by atoms with Crippen LogP contribution in [-0.2, 0) is 41.6 Å². The van der Waals surface area contributed by atoms with Gasteiger partial charge in [-0.05, 0) is 24.0 Å². The molecule has 1 aromatic carbocycles. The Morgan fingerprint density at radius 1 is 0.849 bits per heavy atom. The third-order valence-electron chi connectivity index (χ3n) is 9.42. The van der Waals surface area contributed by atoms with Gasteiger partial charge in [0.1, 0.15) is 24.4 Å². The summed E-state index contributed by atoms with van der Waals surface area (Å²) >= 11 is 0. The standard InChI is InChI=1S/C36H51N9O8/c46-29(24-43-10-8-27-4-1-2-5-28(27)23-43)21-39-36(51)30-20-31(41-26-40-30)38-22-32(47)37-9-11-42-12-14-44(15-13-42)35(50)25-53-19-18-52-17-16-45-33(48)6-3-7-34(45)49/h1-2,4-5,20,26,29,46H,3,6-19,21-25H2,(H,37,47)(H,39,51)(H,38,40,41)/t29-/m0/s1. The summed E-state index contributed by atoms with van der Waals surface area (Å²) in [7, 11) is 0. The van der Waals surface area contributed by atoms with Crippen molar-refractivity contribution in [2.45, 2.75) is 38.3 Å². The molecular weight excluding hydrogens is 686 g/mol. The van der Waals surface area contributed by atoms with Crippen LogP contribution in [0.3, 0.4) is 0 Å². The van der Waals surface area contributed by atoms with Crippen LogP contribution in [-0.4, -0.2) is 169 Å². The lowest BCUT2D eigenvalue weighted by Crippen LogP contribution is -2.51. The molecule has 3 aliphatic rings. The van der Waals surface area contributed by atoms with E-state index in [0.717, 1.165) is 19.5 Å². The highest BCUT2D eigenvalue weighted by molar-refractivity contribution is 5.97. The minimum atomic E-state index is -0.734. The number of hydrogen-bond donors (Lipinski definition) is 4. The van der Waals surface area contributed by atoms with Gasteiger partial charge in [0.05, 0.1) is 39.0 Å². The first-order valence-corrected chi connectivity index (χ1v) is 18.3. The molecule has 0 saturated carbocycles. The second kappa shape index (κ2) is 20.6. The number of imide groups is 1. The molecule has 3 aliphatic heterocycles. The Morgan fingerprint density at radius 2 is 1.60 bits per heavy atom. The maximum atomic E-state index is 12.7. The van der Waals surface area contributed by atoms with Gasteiger partial charge in [-0.25, -0.2) is 9.97 Å². The highest BCUT2D eigenvalue weighted by Crippen LogP contribution is 2.18. The minimum absolute atomic E-state index is 0.0408. The summed E-state index contributed by atoms with van der Waals surface area (Å²) in [5, 5.41) is 19.1. The van der Waals surface area contributed by atoms with Crippen molar-refractivity contribution in [3.63, 3.8) is 0 Å². The van der Waals surface area contributed by atoms with Gasteiger partial charge in [-0.3, -0.25) is 38.7 Å². The number of amides is 5. The molecule has 0 aliphatic carbocycles. The van der Waals surface area contributed by atoms with Crippen LogP contribution in [0.5, 0.6) is 0 Å². The van der Waals surface area contributed by atoms with Gasteiger partial charge in [-0.2, -0.15) is 0 Å². The number of aliphatic hydroxyl groups is 1. The number of piperazine rings is 1. The van der Waals surface area contributed by atoms with Crippen LogP contribution in [0.4, 0.5) is 5.82 Å². The van der Waals surface area contributed by atoms with Crippen molar-refractivity contribution in [1.29, 1.82) is 0 Å². The van der Waals surface area contributed by atoms with E-state index in [9.17, 15) is 29.1 Å². The molecule has 288 valence electrons. The predicted octanol–water partition coefficient (Wildman–Crippen LogP) is -1.13. The number of benzene rings is 1. The first-order valence-electron chi connectivity index (χ1n) is 18.3. The minimum Gasteiger partial charge on any atom is -0.390 e. The molecule has 0 unspecified atom stereocenters. The molecule has 2 saturated heterocycles. The fourth-order valence-corrected chi connectivity index (χ4v) is 6.44. The zero-order chi connectivity index (χ0) is 37.4. The average molecular weight is 738 g/mol. The average Bonchev–Trinajstić information content (AvgIpc) is 3.17. The number of aliphatic hydroxyl groups excluding tert-OH is 1. The quantitative estimate of drug-likeness (QED) is 0.0999. The molecule has 17 nitrogen and oxygen atoms in total. The Labute approximate surface area is 309 Å². The van der Waals surface area contributed by atoms with Gasteiger partial charge in [-0.1, -0.05) is 24.3 Å². The van der Waals surface area contributed by atoms with E-state index in [1.807, 2.05) is 12.1 Å². The van der Waals surface area contributed by atoms with Gasteiger partial charge >= 0.3 is 0 Å². The van der Waals surface area contributed by atoms with Gasteiger partial charge in [-0.15, -0.1) is 0 Å². The van der Waals surface area contributed by atoms with E-state index < -0.39 is 12.0 Å². The van der Waals surface area contributed by atoms with E-state index in [-0.39, 0.29) is 75.4 Å². The lowest BCUT2D eigenvalue weighted by molar-refractivity contribution is -0.149. The van der Waals surface area contributed by atoms with Crippen LogP contribution < -0.4 is 16.0 Å². The molecule has 1 aromatic heterocycles. The number of aromatic nitrogens is 2. The van der Waals surface area contributed by atoms with Gasteiger partial charge in [0.2, 0.25) is 23.6 Å². The molecule has 5 amide bonds. The van der Waals surface area contributed by atoms with Gasteiger partial charge in [0.15, 0.2) is 0 Å². The lowest BCUT2D eigenvalue weighted by atomic mass is 10.00. The molecule has 4 heterocycles. The van der Waals surface area contributed by atoms with E-state index in [0.29, 0.717) is 70.9 Å². The zero-order valence-corrected chi connectivity index (χ0v) is 30.2. The zero-order valence-electron chi connectivity index (χ0n) is 30.2. The highest BCUT2D eigenvalue weighted by atomic mass is 16.5. The Balaban J connectivity index is 0.878. The first-order chi connectivity index (χ1) is 25.7. The van der Waals surface area contributed by atoms with E-state index in [2.05, 4.69) is 47.9 Å². The summed E-state index contributed by atoms with van der Waals surface area (Å²) in [5.74, 6) is -0.771. The number of nitrogens with one attached hydrogen (secondary N) is 3. The van der Waals surface area contributed by atoms with E-state index >= 15 is 0 Å². The Kier molecular flexibility index (Phi) is 15.4. The Bertz CT molecular complexity index is 1540. The predicted molar refractivity (Wildman–Crippen MR) is 193 cm³/mol. The molecule has 2 aromatic rings. The van der Waals surface area contributed by atoms with Crippen molar-refractivity contribution in [3.05, 3.63) is 53.5 Å². The van der Waals surface area contributed by atoms with E-state index in [1.54, 1.807) is 4.90 Å². The van der Waals surface area contributed by atoms with Crippen molar-refractivity contribution >= 4 is 35.4 Å². The third kappa shape index (κ3) is 12.8. The third-order valence-corrected chi connectivity index (χ3v) is 9.42. The summed E-state index contributed by atoms with van der Waals surface area (Å²) < 4.78 is 10.9. The van der Waals surface area contributed by atoms with Crippen LogP contribution in [0, 0.1) is 0 Å². The largest absolute Gasteiger partial charge is 0.390 e. The monoisotopic (exact) mass is 737 g/mol. The number of piperidine rings is 1. The molecule has 0 radical (unpaired) electrons. The summed E-state index contributed by atoms with van der Waals surface area (Å²) in [6, 6.07) is 9.76. The number of hydrogen-bond acceptors (Lipinski definition) is 13. The second-order valence-electron chi connectivity index (χ2n) is 13.3. The van der Waals surface area contributed by atoms with E-state index in [1.165, 1.54) is 28.4 Å². The molecule has 1 atom stereocenters. The number of nitrogens with zero attached hydrogens (tertiary/aromatic N) is 6. The number of likely N-dealkylation sites (tertiary alicyclic amines) is 1. The van der Waals surface area contributed by atoms with Crippen molar-refractivity contribution < 1.29 is 38.6 Å².